The summed E-state index contributed by atoms with van der Waals surface area (Å²) in [6, 6.07) is 12.6. The normalized spacial score (nSPS) is 11.7. The van der Waals surface area contributed by atoms with E-state index in [9.17, 15) is 0 Å². The molecule has 0 saturated heterocycles. The van der Waals surface area contributed by atoms with Gasteiger partial charge in [-0.15, -0.1) is 0 Å². The fourth-order valence-corrected chi connectivity index (χ4v) is 4.49. The summed E-state index contributed by atoms with van der Waals surface area (Å²) in [5.74, 6) is 0. The van der Waals surface area contributed by atoms with Gasteiger partial charge in [0, 0.05) is 13.2 Å². The molecule has 0 amide bonds. The van der Waals surface area contributed by atoms with Gasteiger partial charge in [0.15, 0.2) is 0 Å². The molecule has 0 aliphatic rings. The summed E-state index contributed by atoms with van der Waals surface area (Å²) in [7, 11) is -1.93. The first-order valence-electron chi connectivity index (χ1n) is 7.58. The van der Waals surface area contributed by atoms with E-state index in [1.54, 1.807) is 0 Å². The van der Waals surface area contributed by atoms with Crippen LogP contribution < -0.4 is 0 Å². The van der Waals surface area contributed by atoms with E-state index < -0.39 is 8.56 Å². The molecule has 1 aromatic carbocycles. The van der Waals surface area contributed by atoms with Crippen LogP contribution in [0.3, 0.4) is 0 Å². The Morgan fingerprint density at radius 2 is 1.53 bits per heavy atom. The second-order valence-electron chi connectivity index (χ2n) is 4.90. The number of unbranched alkanes of at least 4 members (excludes halogenated alkanes) is 1. The Morgan fingerprint density at radius 1 is 0.895 bits per heavy atom. The van der Waals surface area contributed by atoms with Crippen molar-refractivity contribution in [2.24, 2.45) is 0 Å². The molecule has 0 heterocycles. The zero-order valence-electron chi connectivity index (χ0n) is 12.7. The molecule has 0 N–H and O–H groups in total. The van der Waals surface area contributed by atoms with Crippen LogP contribution >= 0.6 is 0 Å². The van der Waals surface area contributed by atoms with E-state index in [0.717, 1.165) is 38.1 Å². The monoisotopic (exact) mass is 280 g/mol. The van der Waals surface area contributed by atoms with Crippen LogP contribution in [0.5, 0.6) is 0 Å². The van der Waals surface area contributed by atoms with Gasteiger partial charge in [0.2, 0.25) is 0 Å². The minimum absolute atomic E-state index is 0.782. The van der Waals surface area contributed by atoms with Gasteiger partial charge >= 0.3 is 8.56 Å². The maximum atomic E-state index is 6.20. The molecule has 0 aromatic heterocycles. The molecule has 0 radical (unpaired) electrons. The summed E-state index contributed by atoms with van der Waals surface area (Å²) in [4.78, 5) is 0. The van der Waals surface area contributed by atoms with Gasteiger partial charge in [-0.05, 0) is 30.5 Å². The quantitative estimate of drug-likeness (QED) is 0.462. The van der Waals surface area contributed by atoms with Gasteiger partial charge in [0.1, 0.15) is 0 Å². The first-order chi connectivity index (χ1) is 9.26. The van der Waals surface area contributed by atoms with Crippen LogP contribution in [0.1, 0.15) is 39.2 Å². The Hall–Kier alpha value is -0.643. The van der Waals surface area contributed by atoms with E-state index in [2.05, 4.69) is 51.1 Å². The van der Waals surface area contributed by atoms with E-state index in [1.807, 2.05) is 0 Å². The number of hydrogen-bond acceptors (Lipinski definition) is 2. The molecule has 1 aromatic rings. The summed E-state index contributed by atoms with van der Waals surface area (Å²) in [5, 5.41) is 0. The first-order valence-corrected chi connectivity index (χ1v) is 9.81. The number of benzene rings is 1. The lowest BCUT2D eigenvalue weighted by Crippen LogP contribution is -2.41. The van der Waals surface area contributed by atoms with Gasteiger partial charge in [-0.25, -0.2) is 0 Å². The van der Waals surface area contributed by atoms with Crippen molar-refractivity contribution in [1.29, 1.82) is 0 Å². The third kappa shape index (κ3) is 5.89. The first kappa shape index (κ1) is 16.4. The van der Waals surface area contributed by atoms with Gasteiger partial charge < -0.3 is 8.85 Å². The Morgan fingerprint density at radius 3 is 2.11 bits per heavy atom. The van der Waals surface area contributed by atoms with Gasteiger partial charge in [-0.1, -0.05) is 57.5 Å². The Labute approximate surface area is 119 Å². The molecule has 19 heavy (non-hydrogen) atoms. The summed E-state index contributed by atoms with van der Waals surface area (Å²) in [5.41, 5.74) is 1.34. The van der Waals surface area contributed by atoms with Crippen molar-refractivity contribution in [2.75, 3.05) is 13.2 Å². The molecular weight excluding hydrogens is 252 g/mol. The van der Waals surface area contributed by atoms with E-state index in [-0.39, 0.29) is 0 Å². The zero-order chi connectivity index (χ0) is 14.0. The van der Waals surface area contributed by atoms with E-state index in [4.69, 9.17) is 8.85 Å². The van der Waals surface area contributed by atoms with Crippen LogP contribution in [0, 0.1) is 0 Å². The molecule has 1 rings (SSSR count). The van der Waals surface area contributed by atoms with Crippen molar-refractivity contribution in [3.8, 4) is 0 Å². The highest BCUT2D eigenvalue weighted by atomic mass is 28.4. The summed E-state index contributed by atoms with van der Waals surface area (Å²) >= 11 is 0. The molecule has 0 atom stereocenters. The molecule has 0 saturated carbocycles. The standard InChI is InChI=1S/C16H28O2Si/c1-4-7-14-17-19(5-2,6-3)18-15-13-16-11-9-8-10-12-16/h8-12H,4-7,13-15H2,1-3H3. The zero-order valence-corrected chi connectivity index (χ0v) is 13.7. The fraction of sp³-hybridized carbons (Fsp3) is 0.625. The lowest BCUT2D eigenvalue weighted by Gasteiger charge is -2.28. The van der Waals surface area contributed by atoms with Crippen molar-refractivity contribution < 1.29 is 8.85 Å². The summed E-state index contributed by atoms with van der Waals surface area (Å²) < 4.78 is 12.3. The van der Waals surface area contributed by atoms with Gasteiger partial charge in [0.05, 0.1) is 0 Å². The van der Waals surface area contributed by atoms with Crippen molar-refractivity contribution in [2.45, 2.75) is 52.1 Å². The van der Waals surface area contributed by atoms with Crippen molar-refractivity contribution in [1.82, 2.24) is 0 Å². The summed E-state index contributed by atoms with van der Waals surface area (Å²) in [6.07, 6.45) is 3.30. The van der Waals surface area contributed by atoms with Crippen LogP contribution in [-0.4, -0.2) is 21.8 Å². The number of hydrogen-bond donors (Lipinski definition) is 0. The molecule has 2 nitrogen and oxygen atoms in total. The van der Waals surface area contributed by atoms with Gasteiger partial charge in [-0.2, -0.15) is 0 Å². The predicted octanol–water partition coefficient (Wildman–Crippen LogP) is 4.54. The van der Waals surface area contributed by atoms with E-state index in [0.29, 0.717) is 0 Å². The average molecular weight is 280 g/mol. The smallest absolute Gasteiger partial charge is 0.337 e. The van der Waals surface area contributed by atoms with Crippen molar-refractivity contribution in [3.05, 3.63) is 35.9 Å². The second kappa shape index (κ2) is 9.29. The Balaban J connectivity index is 2.40. The highest BCUT2D eigenvalue weighted by molar-refractivity contribution is 6.67. The Kier molecular flexibility index (Phi) is 8.02. The molecule has 0 unspecified atom stereocenters. The minimum Gasteiger partial charge on any atom is -0.394 e. The van der Waals surface area contributed by atoms with Gasteiger partial charge in [-0.3, -0.25) is 0 Å². The Bertz CT molecular complexity index is 323. The molecule has 0 aliphatic carbocycles. The van der Waals surface area contributed by atoms with Crippen LogP contribution in [0.25, 0.3) is 0 Å². The lowest BCUT2D eigenvalue weighted by molar-refractivity contribution is 0.168. The molecular formula is C16H28O2Si. The molecule has 0 fully saturated rings. The van der Waals surface area contributed by atoms with Crippen LogP contribution in [0.2, 0.25) is 12.1 Å². The van der Waals surface area contributed by atoms with Crippen LogP contribution in [-0.2, 0) is 15.3 Å². The molecule has 0 bridgehead atoms. The summed E-state index contributed by atoms with van der Waals surface area (Å²) in [6.45, 7) is 8.23. The number of rotatable bonds is 10. The maximum Gasteiger partial charge on any atom is 0.337 e. The van der Waals surface area contributed by atoms with Crippen molar-refractivity contribution in [3.63, 3.8) is 0 Å². The lowest BCUT2D eigenvalue weighted by atomic mass is 10.2. The van der Waals surface area contributed by atoms with Gasteiger partial charge in [0.25, 0.3) is 0 Å². The second-order valence-corrected chi connectivity index (χ2v) is 8.72. The molecule has 0 aliphatic heterocycles. The topological polar surface area (TPSA) is 18.5 Å². The van der Waals surface area contributed by atoms with E-state index >= 15 is 0 Å². The largest absolute Gasteiger partial charge is 0.394 e. The SMILES string of the molecule is CCCCO[Si](CC)(CC)OCCc1ccccc1. The van der Waals surface area contributed by atoms with Crippen LogP contribution in [0.15, 0.2) is 30.3 Å². The maximum absolute atomic E-state index is 6.20. The third-order valence-corrected chi connectivity index (χ3v) is 7.15. The fourth-order valence-electron chi connectivity index (χ4n) is 2.10. The molecule has 3 heteroatoms. The van der Waals surface area contributed by atoms with Crippen molar-refractivity contribution >= 4 is 8.56 Å². The molecule has 108 valence electrons. The predicted molar refractivity (Wildman–Crippen MR) is 83.7 cm³/mol. The highest BCUT2D eigenvalue weighted by Crippen LogP contribution is 2.19. The third-order valence-electron chi connectivity index (χ3n) is 3.54. The van der Waals surface area contributed by atoms with Crippen LogP contribution in [0.4, 0.5) is 0 Å². The molecule has 0 spiro atoms. The van der Waals surface area contributed by atoms with E-state index in [1.165, 1.54) is 12.0 Å². The highest BCUT2D eigenvalue weighted by Gasteiger charge is 2.33. The minimum atomic E-state index is -1.93. The average Bonchev–Trinajstić information content (AvgIpc) is 2.47.